The van der Waals surface area contributed by atoms with E-state index in [2.05, 4.69) is 20.7 Å². The maximum Gasteiger partial charge on any atom is 0.244 e. The lowest BCUT2D eigenvalue weighted by molar-refractivity contribution is -0.134. The number of rotatable bonds is 3. The summed E-state index contributed by atoms with van der Waals surface area (Å²) in [5.41, 5.74) is 0. The first-order valence-electron chi connectivity index (χ1n) is 5.60. The number of hydrogen-bond donors (Lipinski definition) is 2. The first-order valence-corrected chi connectivity index (χ1v) is 7.88. The Morgan fingerprint density at radius 1 is 1.35 bits per heavy atom. The van der Waals surface area contributed by atoms with Crippen molar-refractivity contribution in [1.29, 1.82) is 0 Å². The van der Waals surface area contributed by atoms with Crippen LogP contribution in [-0.2, 0) is 19.6 Å². The van der Waals surface area contributed by atoms with Gasteiger partial charge in [-0.1, -0.05) is 0 Å². The SMILES string of the molecule is O=C1CCC(NS(=O)(=O)c2ccc(Br)c(F)c2)C(=O)N1. The van der Waals surface area contributed by atoms with Crippen molar-refractivity contribution in [2.45, 2.75) is 23.8 Å². The molecular formula is C11H10BrFN2O4S. The molecule has 1 fully saturated rings. The molecule has 1 aliphatic rings. The predicted molar refractivity (Wildman–Crippen MR) is 70.6 cm³/mol. The van der Waals surface area contributed by atoms with Crippen LogP contribution in [0.4, 0.5) is 4.39 Å². The molecule has 2 amide bonds. The molecule has 9 heteroatoms. The van der Waals surface area contributed by atoms with Crippen LogP contribution in [0, 0.1) is 5.82 Å². The normalized spacial score (nSPS) is 19.8. The minimum atomic E-state index is -4.03. The van der Waals surface area contributed by atoms with Crippen molar-refractivity contribution in [3.05, 3.63) is 28.5 Å². The lowest BCUT2D eigenvalue weighted by Crippen LogP contribution is -2.52. The van der Waals surface area contributed by atoms with E-state index in [0.717, 1.165) is 6.07 Å². The van der Waals surface area contributed by atoms with E-state index in [0.29, 0.717) is 0 Å². The molecule has 0 aliphatic carbocycles. The zero-order valence-corrected chi connectivity index (χ0v) is 12.4. The molecule has 1 aromatic rings. The highest BCUT2D eigenvalue weighted by atomic mass is 79.9. The average Bonchev–Trinajstić information content (AvgIpc) is 2.36. The van der Waals surface area contributed by atoms with E-state index in [1.54, 1.807) is 0 Å². The smallest absolute Gasteiger partial charge is 0.244 e. The largest absolute Gasteiger partial charge is 0.295 e. The fourth-order valence-corrected chi connectivity index (χ4v) is 3.19. The number of hydrogen-bond acceptors (Lipinski definition) is 4. The van der Waals surface area contributed by atoms with Gasteiger partial charge in [-0.3, -0.25) is 14.9 Å². The van der Waals surface area contributed by atoms with Crippen LogP contribution in [0.3, 0.4) is 0 Å². The number of sulfonamides is 1. The fraction of sp³-hybridized carbons (Fsp3) is 0.273. The highest BCUT2D eigenvalue weighted by Crippen LogP contribution is 2.20. The molecule has 2 N–H and O–H groups in total. The second kappa shape index (κ2) is 5.58. The van der Waals surface area contributed by atoms with Crippen LogP contribution in [0.5, 0.6) is 0 Å². The summed E-state index contributed by atoms with van der Waals surface area (Å²) in [6.07, 6.45) is 0.122. The highest BCUT2D eigenvalue weighted by Gasteiger charge is 2.30. The molecule has 1 atom stereocenters. The third-order valence-corrected chi connectivity index (χ3v) is 4.85. The summed E-state index contributed by atoms with van der Waals surface area (Å²) < 4.78 is 39.7. The molecule has 108 valence electrons. The van der Waals surface area contributed by atoms with Crippen molar-refractivity contribution in [3.8, 4) is 0 Å². The number of benzene rings is 1. The second-order valence-electron chi connectivity index (χ2n) is 4.20. The molecular weight excluding hydrogens is 355 g/mol. The van der Waals surface area contributed by atoms with E-state index in [-0.39, 0.29) is 22.2 Å². The minimum Gasteiger partial charge on any atom is -0.295 e. The summed E-state index contributed by atoms with van der Waals surface area (Å²) in [5, 5.41) is 2.04. The lowest BCUT2D eigenvalue weighted by Gasteiger charge is -2.21. The van der Waals surface area contributed by atoms with Crippen molar-refractivity contribution in [2.75, 3.05) is 0 Å². The molecule has 0 bridgehead atoms. The summed E-state index contributed by atoms with van der Waals surface area (Å²) >= 11 is 2.92. The first kappa shape index (κ1) is 15.1. The maximum absolute atomic E-state index is 13.4. The Morgan fingerprint density at radius 3 is 2.65 bits per heavy atom. The van der Waals surface area contributed by atoms with Gasteiger partial charge in [0.15, 0.2) is 0 Å². The van der Waals surface area contributed by atoms with Gasteiger partial charge in [0.2, 0.25) is 21.8 Å². The van der Waals surface area contributed by atoms with Crippen LogP contribution in [0.15, 0.2) is 27.6 Å². The van der Waals surface area contributed by atoms with Crippen molar-refractivity contribution in [1.82, 2.24) is 10.0 Å². The molecule has 20 heavy (non-hydrogen) atoms. The van der Waals surface area contributed by atoms with Crippen molar-refractivity contribution < 1.29 is 22.4 Å². The van der Waals surface area contributed by atoms with E-state index < -0.39 is 33.7 Å². The number of nitrogens with one attached hydrogen (secondary N) is 2. The zero-order valence-electron chi connectivity index (χ0n) is 10.0. The van der Waals surface area contributed by atoms with Gasteiger partial charge < -0.3 is 0 Å². The Kier molecular flexibility index (Phi) is 4.21. The van der Waals surface area contributed by atoms with Gasteiger partial charge in [0, 0.05) is 6.42 Å². The molecule has 1 unspecified atom stereocenters. The molecule has 0 radical (unpaired) electrons. The van der Waals surface area contributed by atoms with Crippen molar-refractivity contribution in [3.63, 3.8) is 0 Å². The Bertz CT molecular complexity index is 677. The molecule has 2 rings (SSSR count). The van der Waals surface area contributed by atoms with Crippen LogP contribution in [0.25, 0.3) is 0 Å². The number of amides is 2. The maximum atomic E-state index is 13.4. The Balaban J connectivity index is 2.21. The van der Waals surface area contributed by atoms with Crippen LogP contribution in [0.2, 0.25) is 0 Å². The third-order valence-electron chi connectivity index (χ3n) is 2.74. The van der Waals surface area contributed by atoms with Gasteiger partial charge in [-0.2, -0.15) is 4.72 Å². The Morgan fingerprint density at radius 2 is 2.05 bits per heavy atom. The summed E-state index contributed by atoms with van der Waals surface area (Å²) in [4.78, 5) is 22.2. The second-order valence-corrected chi connectivity index (χ2v) is 6.77. The van der Waals surface area contributed by atoms with E-state index in [1.165, 1.54) is 12.1 Å². The highest BCUT2D eigenvalue weighted by molar-refractivity contribution is 9.10. The molecule has 0 saturated carbocycles. The quantitative estimate of drug-likeness (QED) is 0.771. The average molecular weight is 365 g/mol. The van der Waals surface area contributed by atoms with Gasteiger partial charge in [0.25, 0.3) is 0 Å². The van der Waals surface area contributed by atoms with Gasteiger partial charge in [-0.05, 0) is 40.5 Å². The lowest BCUT2D eigenvalue weighted by atomic mass is 10.1. The zero-order chi connectivity index (χ0) is 14.9. The molecule has 1 aromatic carbocycles. The van der Waals surface area contributed by atoms with Gasteiger partial charge in [0.1, 0.15) is 11.9 Å². The molecule has 6 nitrogen and oxygen atoms in total. The Labute approximate surface area is 122 Å². The molecule has 0 aromatic heterocycles. The number of piperidine rings is 1. The number of imide groups is 1. The minimum absolute atomic E-state index is 0.0492. The van der Waals surface area contributed by atoms with Gasteiger partial charge in [-0.15, -0.1) is 0 Å². The van der Waals surface area contributed by atoms with Gasteiger partial charge >= 0.3 is 0 Å². The fourth-order valence-electron chi connectivity index (χ4n) is 1.71. The summed E-state index contributed by atoms with van der Waals surface area (Å²) in [7, 11) is -4.03. The van der Waals surface area contributed by atoms with Crippen LogP contribution in [-0.4, -0.2) is 26.3 Å². The van der Waals surface area contributed by atoms with Crippen molar-refractivity contribution >= 4 is 37.8 Å². The van der Waals surface area contributed by atoms with E-state index in [4.69, 9.17) is 0 Å². The summed E-state index contributed by atoms with van der Waals surface area (Å²) in [6, 6.07) is 2.28. The Hall–Kier alpha value is -1.32. The van der Waals surface area contributed by atoms with Gasteiger partial charge in [-0.25, -0.2) is 12.8 Å². The summed E-state index contributed by atoms with van der Waals surface area (Å²) in [6.45, 7) is 0. The van der Waals surface area contributed by atoms with E-state index >= 15 is 0 Å². The van der Waals surface area contributed by atoms with Gasteiger partial charge in [0.05, 0.1) is 9.37 Å². The first-order chi connectivity index (χ1) is 9.29. The van der Waals surface area contributed by atoms with E-state index in [1.807, 2.05) is 5.32 Å². The molecule has 1 heterocycles. The number of carbonyl (C=O) groups excluding carboxylic acids is 2. The van der Waals surface area contributed by atoms with Crippen LogP contribution in [0.1, 0.15) is 12.8 Å². The molecule has 1 aliphatic heterocycles. The topological polar surface area (TPSA) is 92.3 Å². The number of carbonyl (C=O) groups is 2. The molecule has 1 saturated heterocycles. The standard InChI is InChI=1S/C11H10BrFN2O4S/c12-7-2-1-6(5-8(7)13)20(18,19)15-9-3-4-10(16)14-11(9)17/h1-2,5,9,15H,3-4H2,(H,14,16,17). The predicted octanol–water partition coefficient (Wildman–Crippen LogP) is 0.672. The molecule has 0 spiro atoms. The van der Waals surface area contributed by atoms with Crippen molar-refractivity contribution in [2.24, 2.45) is 0 Å². The number of halogens is 2. The van der Waals surface area contributed by atoms with Crippen LogP contribution >= 0.6 is 15.9 Å². The van der Waals surface area contributed by atoms with Crippen LogP contribution < -0.4 is 10.0 Å². The third kappa shape index (κ3) is 3.22. The summed E-state index contributed by atoms with van der Waals surface area (Å²) in [5.74, 6) is -1.88. The monoisotopic (exact) mass is 364 g/mol. The van der Waals surface area contributed by atoms with E-state index in [9.17, 15) is 22.4 Å².